The summed E-state index contributed by atoms with van der Waals surface area (Å²) in [5, 5.41) is 1.87. The van der Waals surface area contributed by atoms with E-state index in [9.17, 15) is 14.0 Å². The predicted octanol–water partition coefficient (Wildman–Crippen LogP) is 2.81. The van der Waals surface area contributed by atoms with E-state index < -0.39 is 17.6 Å². The lowest BCUT2D eigenvalue weighted by Crippen LogP contribution is -2.47. The molecule has 1 aromatic heterocycles. The fraction of sp³-hybridized carbons (Fsp3) is 0.300. The number of para-hydroxylation sites is 1. The molecule has 1 aromatic carbocycles. The third-order valence-electron chi connectivity index (χ3n) is 5.06. The summed E-state index contributed by atoms with van der Waals surface area (Å²) in [7, 11) is 0. The van der Waals surface area contributed by atoms with Crippen LogP contribution in [0.1, 0.15) is 11.8 Å². The summed E-state index contributed by atoms with van der Waals surface area (Å²) in [5.41, 5.74) is 0.772. The topological polar surface area (TPSA) is 43.9 Å². The van der Waals surface area contributed by atoms with Crippen molar-refractivity contribution in [2.75, 3.05) is 37.6 Å². The molecule has 0 aliphatic carbocycles. The molecule has 7 heteroatoms. The van der Waals surface area contributed by atoms with Crippen molar-refractivity contribution in [2.24, 2.45) is 0 Å². The molecule has 2 aliphatic rings. The minimum absolute atomic E-state index is 0.00347. The minimum atomic E-state index is -0.582. The zero-order chi connectivity index (χ0) is 19.0. The number of imide groups is 1. The monoisotopic (exact) mass is 385 g/mol. The van der Waals surface area contributed by atoms with E-state index in [4.69, 9.17) is 0 Å². The van der Waals surface area contributed by atoms with E-state index in [1.807, 2.05) is 22.4 Å². The lowest BCUT2D eigenvalue weighted by atomic mass is 10.1. The molecule has 2 aromatic rings. The number of amides is 2. The van der Waals surface area contributed by atoms with E-state index in [-0.39, 0.29) is 5.69 Å². The molecule has 5 nitrogen and oxygen atoms in total. The van der Waals surface area contributed by atoms with Gasteiger partial charge in [-0.25, -0.2) is 9.29 Å². The number of halogens is 1. The molecular formula is C20H20FN3O2S. The van der Waals surface area contributed by atoms with Gasteiger partial charge in [0.2, 0.25) is 0 Å². The van der Waals surface area contributed by atoms with Gasteiger partial charge in [-0.1, -0.05) is 25.1 Å². The number of benzene rings is 1. The number of likely N-dealkylation sites (N-methyl/N-ethyl adjacent to an activating group) is 1. The Labute approximate surface area is 161 Å². The van der Waals surface area contributed by atoms with Gasteiger partial charge in [-0.3, -0.25) is 9.59 Å². The van der Waals surface area contributed by atoms with Gasteiger partial charge >= 0.3 is 0 Å². The molecular weight excluding hydrogens is 365 g/mol. The van der Waals surface area contributed by atoms with Crippen LogP contribution in [-0.4, -0.2) is 54.3 Å². The SMILES string of the molecule is CCN1CCN(C2=C(c3cccs3)C(=O)N(c3ccccc3F)C2=O)CC1. The number of anilines is 1. The number of carbonyl (C=O) groups excluding carboxylic acids is 2. The molecule has 0 atom stereocenters. The largest absolute Gasteiger partial charge is 0.364 e. The highest BCUT2D eigenvalue weighted by Crippen LogP contribution is 2.37. The molecule has 27 heavy (non-hydrogen) atoms. The predicted molar refractivity (Wildman–Crippen MR) is 104 cm³/mol. The van der Waals surface area contributed by atoms with Crippen LogP contribution in [0.4, 0.5) is 10.1 Å². The molecule has 1 saturated heterocycles. The fourth-order valence-electron chi connectivity index (χ4n) is 3.59. The minimum Gasteiger partial charge on any atom is -0.364 e. The van der Waals surface area contributed by atoms with E-state index >= 15 is 0 Å². The summed E-state index contributed by atoms with van der Waals surface area (Å²) < 4.78 is 14.3. The molecule has 1 fully saturated rings. The molecule has 0 bridgehead atoms. The second kappa shape index (κ2) is 7.25. The quantitative estimate of drug-likeness (QED) is 0.760. The zero-order valence-electron chi connectivity index (χ0n) is 15.0. The summed E-state index contributed by atoms with van der Waals surface area (Å²) in [6.07, 6.45) is 0. The Morgan fingerprint density at radius 3 is 2.37 bits per heavy atom. The summed E-state index contributed by atoms with van der Waals surface area (Å²) in [5.74, 6) is -1.49. The van der Waals surface area contributed by atoms with Crippen molar-refractivity contribution in [1.82, 2.24) is 9.80 Å². The number of piperazine rings is 1. The third kappa shape index (κ3) is 3.07. The summed E-state index contributed by atoms with van der Waals surface area (Å²) >= 11 is 1.41. The van der Waals surface area contributed by atoms with Crippen LogP contribution in [-0.2, 0) is 9.59 Å². The van der Waals surface area contributed by atoms with Crippen LogP contribution >= 0.6 is 11.3 Å². The maximum absolute atomic E-state index is 14.3. The number of nitrogens with zero attached hydrogens (tertiary/aromatic N) is 3. The summed E-state index contributed by atoms with van der Waals surface area (Å²) in [6.45, 7) is 6.07. The normalized spacial score (nSPS) is 18.7. The molecule has 0 saturated carbocycles. The average Bonchev–Trinajstić information content (AvgIpc) is 3.29. The van der Waals surface area contributed by atoms with Crippen LogP contribution in [0.2, 0.25) is 0 Å². The molecule has 140 valence electrons. The maximum Gasteiger partial charge on any atom is 0.282 e. The van der Waals surface area contributed by atoms with Gasteiger partial charge in [0, 0.05) is 31.1 Å². The Morgan fingerprint density at radius 1 is 1.00 bits per heavy atom. The van der Waals surface area contributed by atoms with Crippen molar-refractivity contribution >= 4 is 34.4 Å². The van der Waals surface area contributed by atoms with E-state index in [0.717, 1.165) is 29.4 Å². The van der Waals surface area contributed by atoms with Crippen LogP contribution in [0.15, 0.2) is 47.5 Å². The van der Waals surface area contributed by atoms with Crippen molar-refractivity contribution in [1.29, 1.82) is 0 Å². The first-order valence-electron chi connectivity index (χ1n) is 9.00. The first-order chi connectivity index (χ1) is 13.1. The number of hydrogen-bond donors (Lipinski definition) is 0. The van der Waals surface area contributed by atoms with E-state index in [0.29, 0.717) is 24.4 Å². The Balaban J connectivity index is 1.76. The number of thiophene rings is 1. The summed E-state index contributed by atoms with van der Waals surface area (Å²) in [4.78, 5) is 32.4. The Hall–Kier alpha value is -2.51. The number of carbonyl (C=O) groups is 2. The van der Waals surface area contributed by atoms with E-state index in [1.165, 1.54) is 23.5 Å². The smallest absolute Gasteiger partial charge is 0.282 e. The highest BCUT2D eigenvalue weighted by atomic mass is 32.1. The fourth-order valence-corrected chi connectivity index (χ4v) is 4.36. The number of hydrogen-bond acceptors (Lipinski definition) is 5. The molecule has 0 radical (unpaired) electrons. The van der Waals surface area contributed by atoms with Crippen molar-refractivity contribution in [3.05, 3.63) is 58.2 Å². The Bertz CT molecular complexity index is 902. The molecule has 0 N–H and O–H groups in total. The van der Waals surface area contributed by atoms with E-state index in [2.05, 4.69) is 11.8 Å². The van der Waals surface area contributed by atoms with Crippen LogP contribution < -0.4 is 4.90 Å². The van der Waals surface area contributed by atoms with Gasteiger partial charge in [0.1, 0.15) is 11.5 Å². The molecule has 2 amide bonds. The second-order valence-corrected chi connectivity index (χ2v) is 7.47. The molecule has 3 heterocycles. The molecule has 4 rings (SSSR count). The molecule has 0 spiro atoms. The van der Waals surface area contributed by atoms with Crippen molar-refractivity contribution < 1.29 is 14.0 Å². The van der Waals surface area contributed by atoms with Gasteiger partial charge in [0.05, 0.1) is 11.3 Å². The van der Waals surface area contributed by atoms with Gasteiger partial charge < -0.3 is 9.80 Å². The van der Waals surface area contributed by atoms with Crippen LogP contribution in [0, 0.1) is 5.82 Å². The zero-order valence-corrected chi connectivity index (χ0v) is 15.8. The van der Waals surface area contributed by atoms with Crippen molar-refractivity contribution in [3.8, 4) is 0 Å². The van der Waals surface area contributed by atoms with Gasteiger partial charge in [0.15, 0.2) is 0 Å². The summed E-state index contributed by atoms with van der Waals surface area (Å²) in [6, 6.07) is 9.58. The third-order valence-corrected chi connectivity index (χ3v) is 5.94. The van der Waals surface area contributed by atoms with Gasteiger partial charge in [-0.15, -0.1) is 11.3 Å². The van der Waals surface area contributed by atoms with Gasteiger partial charge in [-0.05, 0) is 30.1 Å². The molecule has 2 aliphatic heterocycles. The number of rotatable bonds is 4. The highest BCUT2D eigenvalue weighted by Gasteiger charge is 2.44. The molecule has 0 unspecified atom stereocenters. The Morgan fingerprint density at radius 2 is 1.74 bits per heavy atom. The maximum atomic E-state index is 14.3. The highest BCUT2D eigenvalue weighted by molar-refractivity contribution is 7.11. The van der Waals surface area contributed by atoms with E-state index in [1.54, 1.807) is 12.1 Å². The Kier molecular flexibility index (Phi) is 4.80. The first kappa shape index (κ1) is 17.9. The van der Waals surface area contributed by atoms with Gasteiger partial charge in [0.25, 0.3) is 11.8 Å². The van der Waals surface area contributed by atoms with Gasteiger partial charge in [-0.2, -0.15) is 0 Å². The van der Waals surface area contributed by atoms with Crippen molar-refractivity contribution in [2.45, 2.75) is 6.92 Å². The lowest BCUT2D eigenvalue weighted by Gasteiger charge is -2.35. The first-order valence-corrected chi connectivity index (χ1v) is 9.88. The van der Waals surface area contributed by atoms with Crippen LogP contribution in [0.3, 0.4) is 0 Å². The standard InChI is InChI=1S/C20H20FN3O2S/c1-2-22-9-11-23(12-10-22)18-17(16-8-5-13-27-16)19(25)24(20(18)26)15-7-4-3-6-14(15)21/h3-8,13H,2,9-12H2,1H3. The lowest BCUT2D eigenvalue weighted by molar-refractivity contribution is -0.120. The van der Waals surface area contributed by atoms with Crippen molar-refractivity contribution in [3.63, 3.8) is 0 Å². The van der Waals surface area contributed by atoms with Crippen LogP contribution in [0.25, 0.3) is 5.57 Å². The second-order valence-electron chi connectivity index (χ2n) is 6.52. The average molecular weight is 385 g/mol. The van der Waals surface area contributed by atoms with Crippen LogP contribution in [0.5, 0.6) is 0 Å².